The molecule has 0 aliphatic rings. The van der Waals surface area contributed by atoms with Crippen LogP contribution in [0.2, 0.25) is 10.0 Å². The molecule has 1 aromatic rings. The van der Waals surface area contributed by atoms with Crippen LogP contribution < -0.4 is 0 Å². The van der Waals surface area contributed by atoms with E-state index in [1.807, 2.05) is 0 Å². The van der Waals surface area contributed by atoms with Crippen molar-refractivity contribution in [3.8, 4) is 0 Å². The van der Waals surface area contributed by atoms with Crippen molar-refractivity contribution >= 4 is 29.2 Å². The minimum Gasteiger partial charge on any atom is -0.295 e. The molecule has 3 nitrogen and oxygen atoms in total. The SMILES string of the molecule is O=C(OO)c1cc(Cl)ccc1Cl. The molecule has 0 heterocycles. The summed E-state index contributed by atoms with van der Waals surface area (Å²) in [6.07, 6.45) is 0. The third kappa shape index (κ3) is 1.88. The number of carbonyl (C=O) groups excluding carboxylic acids is 1. The largest absolute Gasteiger partial charge is 0.374 e. The van der Waals surface area contributed by atoms with Crippen molar-refractivity contribution in [2.45, 2.75) is 0 Å². The molecule has 1 aromatic carbocycles. The van der Waals surface area contributed by atoms with Crippen molar-refractivity contribution in [2.75, 3.05) is 0 Å². The standard InChI is InChI=1S/C7H4Cl2O3/c8-4-1-2-6(9)5(3-4)7(10)12-11/h1-3,11H. The molecule has 0 amide bonds. The Morgan fingerprint density at radius 2 is 2.08 bits per heavy atom. The Labute approximate surface area is 78.4 Å². The number of benzene rings is 1. The van der Waals surface area contributed by atoms with Crippen molar-refractivity contribution in [2.24, 2.45) is 0 Å². The van der Waals surface area contributed by atoms with Gasteiger partial charge in [-0.2, -0.15) is 5.26 Å². The lowest BCUT2D eigenvalue weighted by Crippen LogP contribution is -2.02. The van der Waals surface area contributed by atoms with Crippen LogP contribution in [0, 0.1) is 0 Å². The van der Waals surface area contributed by atoms with Gasteiger partial charge in [-0.3, -0.25) is 4.89 Å². The zero-order chi connectivity index (χ0) is 9.14. The monoisotopic (exact) mass is 206 g/mol. The Bertz CT molecular complexity index is 312. The van der Waals surface area contributed by atoms with E-state index in [0.29, 0.717) is 5.02 Å². The first-order valence-electron chi connectivity index (χ1n) is 2.96. The quantitative estimate of drug-likeness (QED) is 0.568. The van der Waals surface area contributed by atoms with Gasteiger partial charge in [0.05, 0.1) is 10.6 Å². The second-order valence-corrected chi connectivity index (χ2v) is 2.85. The molecule has 0 unspecified atom stereocenters. The second-order valence-electron chi connectivity index (χ2n) is 2.00. The molecule has 0 aliphatic carbocycles. The van der Waals surface area contributed by atoms with Crippen LogP contribution in [0.3, 0.4) is 0 Å². The molecular weight excluding hydrogens is 203 g/mol. The molecule has 0 saturated heterocycles. The predicted molar refractivity (Wildman–Crippen MR) is 44.5 cm³/mol. The summed E-state index contributed by atoms with van der Waals surface area (Å²) in [5.41, 5.74) is 0.0340. The van der Waals surface area contributed by atoms with Crippen LogP contribution in [0.15, 0.2) is 18.2 Å². The fraction of sp³-hybridized carbons (Fsp3) is 0. The average Bonchev–Trinajstić information content (AvgIpc) is 2.08. The van der Waals surface area contributed by atoms with Crippen molar-refractivity contribution in [1.82, 2.24) is 0 Å². The molecule has 0 bridgehead atoms. The summed E-state index contributed by atoms with van der Waals surface area (Å²) >= 11 is 11.2. The molecule has 0 spiro atoms. The third-order valence-corrected chi connectivity index (χ3v) is 1.80. The van der Waals surface area contributed by atoms with Gasteiger partial charge in [-0.15, -0.1) is 0 Å². The highest BCUT2D eigenvalue weighted by Gasteiger charge is 2.11. The van der Waals surface area contributed by atoms with E-state index in [4.69, 9.17) is 28.5 Å². The number of rotatable bonds is 1. The van der Waals surface area contributed by atoms with Crippen LogP contribution in [0.1, 0.15) is 10.4 Å². The minimum absolute atomic E-state index is 0.0340. The van der Waals surface area contributed by atoms with Crippen molar-refractivity contribution in [1.29, 1.82) is 0 Å². The van der Waals surface area contributed by atoms with Gasteiger partial charge in [0.1, 0.15) is 0 Å². The Kier molecular flexibility index (Phi) is 2.92. The summed E-state index contributed by atoms with van der Waals surface area (Å²) in [6, 6.07) is 4.27. The van der Waals surface area contributed by atoms with Gasteiger partial charge in [0.25, 0.3) is 0 Å². The zero-order valence-corrected chi connectivity index (χ0v) is 7.26. The highest BCUT2D eigenvalue weighted by Crippen LogP contribution is 2.20. The highest BCUT2D eigenvalue weighted by atomic mass is 35.5. The molecule has 0 fully saturated rings. The topological polar surface area (TPSA) is 46.5 Å². The summed E-state index contributed by atoms with van der Waals surface area (Å²) in [5, 5.41) is 8.58. The van der Waals surface area contributed by atoms with Crippen molar-refractivity contribution < 1.29 is 14.9 Å². The summed E-state index contributed by atoms with van der Waals surface area (Å²) in [6.45, 7) is 0. The molecule has 1 N–H and O–H groups in total. The molecule has 0 radical (unpaired) electrons. The molecule has 1 rings (SSSR count). The summed E-state index contributed by atoms with van der Waals surface area (Å²) in [5.74, 6) is -0.928. The number of hydrogen-bond acceptors (Lipinski definition) is 3. The maximum Gasteiger partial charge on any atom is 0.374 e. The van der Waals surface area contributed by atoms with E-state index in [1.165, 1.54) is 18.2 Å². The van der Waals surface area contributed by atoms with Gasteiger partial charge >= 0.3 is 5.97 Å². The maximum absolute atomic E-state index is 10.8. The van der Waals surface area contributed by atoms with E-state index in [1.54, 1.807) is 0 Å². The maximum atomic E-state index is 10.8. The van der Waals surface area contributed by atoms with E-state index in [0.717, 1.165) is 0 Å². The van der Waals surface area contributed by atoms with Crippen LogP contribution in [0.5, 0.6) is 0 Å². The van der Waals surface area contributed by atoms with Crippen LogP contribution in [-0.4, -0.2) is 11.2 Å². The number of hydrogen-bond donors (Lipinski definition) is 1. The van der Waals surface area contributed by atoms with E-state index in [-0.39, 0.29) is 10.6 Å². The molecule has 0 aliphatic heterocycles. The lowest BCUT2D eigenvalue weighted by atomic mass is 10.2. The molecule has 12 heavy (non-hydrogen) atoms. The fourth-order valence-corrected chi connectivity index (χ4v) is 1.07. The molecule has 0 aromatic heterocycles. The van der Waals surface area contributed by atoms with Gasteiger partial charge < -0.3 is 0 Å². The molecular formula is C7H4Cl2O3. The first-order chi connectivity index (χ1) is 5.65. The average molecular weight is 207 g/mol. The van der Waals surface area contributed by atoms with Gasteiger partial charge in [-0.1, -0.05) is 23.2 Å². The van der Waals surface area contributed by atoms with Gasteiger partial charge in [0.2, 0.25) is 0 Å². The Hall–Kier alpha value is -0.770. The minimum atomic E-state index is -0.928. The van der Waals surface area contributed by atoms with Gasteiger partial charge in [0, 0.05) is 5.02 Å². The molecule has 0 atom stereocenters. The molecule has 5 heteroatoms. The zero-order valence-electron chi connectivity index (χ0n) is 5.75. The van der Waals surface area contributed by atoms with Gasteiger partial charge in [0.15, 0.2) is 0 Å². The van der Waals surface area contributed by atoms with E-state index in [2.05, 4.69) is 4.89 Å². The van der Waals surface area contributed by atoms with Crippen molar-refractivity contribution in [3.05, 3.63) is 33.8 Å². The Morgan fingerprint density at radius 1 is 1.42 bits per heavy atom. The van der Waals surface area contributed by atoms with E-state index in [9.17, 15) is 4.79 Å². The Balaban J connectivity index is 3.13. The smallest absolute Gasteiger partial charge is 0.295 e. The Morgan fingerprint density at radius 3 is 2.67 bits per heavy atom. The van der Waals surface area contributed by atoms with Crippen LogP contribution in [0.4, 0.5) is 0 Å². The predicted octanol–water partition coefficient (Wildman–Crippen LogP) is 2.62. The second kappa shape index (κ2) is 3.76. The van der Waals surface area contributed by atoms with Crippen LogP contribution >= 0.6 is 23.2 Å². The first-order valence-corrected chi connectivity index (χ1v) is 3.71. The van der Waals surface area contributed by atoms with Crippen LogP contribution in [-0.2, 0) is 4.89 Å². The first kappa shape index (κ1) is 9.32. The van der Waals surface area contributed by atoms with E-state index >= 15 is 0 Å². The molecule has 64 valence electrons. The molecule has 0 saturated carbocycles. The normalized spacial score (nSPS) is 9.58. The lowest BCUT2D eigenvalue weighted by molar-refractivity contribution is -0.182. The number of halogens is 2. The lowest BCUT2D eigenvalue weighted by Gasteiger charge is -1.99. The van der Waals surface area contributed by atoms with Crippen molar-refractivity contribution in [3.63, 3.8) is 0 Å². The number of carbonyl (C=O) groups is 1. The van der Waals surface area contributed by atoms with E-state index < -0.39 is 5.97 Å². The van der Waals surface area contributed by atoms with Gasteiger partial charge in [-0.25, -0.2) is 4.79 Å². The third-order valence-electron chi connectivity index (χ3n) is 1.23. The van der Waals surface area contributed by atoms with Gasteiger partial charge in [-0.05, 0) is 18.2 Å². The van der Waals surface area contributed by atoms with Crippen LogP contribution in [0.25, 0.3) is 0 Å². The fourth-order valence-electron chi connectivity index (χ4n) is 0.703. The summed E-state index contributed by atoms with van der Waals surface area (Å²) < 4.78 is 0. The summed E-state index contributed by atoms with van der Waals surface area (Å²) in [7, 11) is 0. The summed E-state index contributed by atoms with van der Waals surface area (Å²) in [4.78, 5) is 14.3. The highest BCUT2D eigenvalue weighted by molar-refractivity contribution is 6.35.